The second kappa shape index (κ2) is 7.01. The number of anilines is 1. The molecular formula is C18H15FN4O2. The Morgan fingerprint density at radius 2 is 2.00 bits per heavy atom. The minimum atomic E-state index is -0.549. The summed E-state index contributed by atoms with van der Waals surface area (Å²) in [6, 6.07) is 12.9. The molecule has 25 heavy (non-hydrogen) atoms. The fourth-order valence-corrected chi connectivity index (χ4v) is 2.24. The Kier molecular flexibility index (Phi) is 4.61. The van der Waals surface area contributed by atoms with Crippen LogP contribution in [0.3, 0.4) is 0 Å². The van der Waals surface area contributed by atoms with Gasteiger partial charge in [0.15, 0.2) is 11.6 Å². The summed E-state index contributed by atoms with van der Waals surface area (Å²) in [6.45, 7) is 3.53. The largest absolute Gasteiger partial charge is 0.453 e. The average molecular weight is 338 g/mol. The van der Waals surface area contributed by atoms with Gasteiger partial charge in [-0.3, -0.25) is 0 Å². The van der Waals surface area contributed by atoms with Crippen molar-refractivity contribution in [2.45, 2.75) is 19.9 Å². The van der Waals surface area contributed by atoms with Crippen LogP contribution in [0.1, 0.15) is 30.3 Å². The Bertz CT molecular complexity index is 933. The minimum absolute atomic E-state index is 0.0366. The molecule has 0 aliphatic rings. The fraction of sp³-hybridized carbons (Fsp3) is 0.167. The maximum absolute atomic E-state index is 14.3. The SMILES string of the molecule is Cc1nnc([C@@H](C)Nc2ccc(Oc3ccccc3C#N)c(F)c2)o1. The number of halogens is 1. The number of benzene rings is 2. The van der Waals surface area contributed by atoms with Crippen molar-refractivity contribution >= 4 is 5.69 Å². The average Bonchev–Trinajstić information content (AvgIpc) is 3.04. The van der Waals surface area contributed by atoms with Gasteiger partial charge in [-0.15, -0.1) is 10.2 Å². The second-order valence-electron chi connectivity index (χ2n) is 5.38. The predicted molar refractivity (Wildman–Crippen MR) is 88.7 cm³/mol. The molecule has 126 valence electrons. The molecule has 7 heteroatoms. The van der Waals surface area contributed by atoms with E-state index >= 15 is 0 Å². The van der Waals surface area contributed by atoms with Gasteiger partial charge in [0.25, 0.3) is 0 Å². The van der Waals surface area contributed by atoms with E-state index in [1.54, 1.807) is 37.3 Å². The molecule has 0 unspecified atom stereocenters. The van der Waals surface area contributed by atoms with E-state index in [0.29, 0.717) is 28.8 Å². The van der Waals surface area contributed by atoms with E-state index in [9.17, 15) is 4.39 Å². The zero-order valence-electron chi connectivity index (χ0n) is 13.7. The van der Waals surface area contributed by atoms with Crippen LogP contribution in [0.2, 0.25) is 0 Å². The van der Waals surface area contributed by atoms with Crippen LogP contribution in [0, 0.1) is 24.1 Å². The molecule has 1 heterocycles. The van der Waals surface area contributed by atoms with Gasteiger partial charge in [0.2, 0.25) is 11.8 Å². The summed E-state index contributed by atoms with van der Waals surface area (Å²) in [4.78, 5) is 0. The molecule has 1 N–H and O–H groups in total. The molecule has 1 atom stereocenters. The van der Waals surface area contributed by atoms with E-state index < -0.39 is 5.82 Å². The highest BCUT2D eigenvalue weighted by Crippen LogP contribution is 2.29. The molecule has 3 aromatic rings. The van der Waals surface area contributed by atoms with Gasteiger partial charge in [0, 0.05) is 18.7 Å². The van der Waals surface area contributed by atoms with Crippen molar-refractivity contribution < 1.29 is 13.5 Å². The zero-order valence-corrected chi connectivity index (χ0v) is 13.7. The standard InChI is InChI=1S/C18H15FN4O2/c1-11(18-23-22-12(2)24-18)21-14-7-8-17(15(19)9-14)25-16-6-4-3-5-13(16)10-20/h3-9,11,21H,1-2H3/t11-/m1/s1. The van der Waals surface area contributed by atoms with Gasteiger partial charge in [0.05, 0.1) is 5.56 Å². The fourth-order valence-electron chi connectivity index (χ4n) is 2.24. The molecule has 0 fully saturated rings. The monoisotopic (exact) mass is 338 g/mol. The van der Waals surface area contributed by atoms with Crippen molar-refractivity contribution in [2.75, 3.05) is 5.32 Å². The Morgan fingerprint density at radius 3 is 2.68 bits per heavy atom. The highest BCUT2D eigenvalue weighted by molar-refractivity contribution is 5.50. The highest BCUT2D eigenvalue weighted by atomic mass is 19.1. The van der Waals surface area contributed by atoms with Gasteiger partial charge in [-0.05, 0) is 31.2 Å². The van der Waals surface area contributed by atoms with E-state index in [-0.39, 0.29) is 11.8 Å². The summed E-state index contributed by atoms with van der Waals surface area (Å²) >= 11 is 0. The van der Waals surface area contributed by atoms with Crippen LogP contribution in [0.25, 0.3) is 0 Å². The molecule has 0 radical (unpaired) electrons. The summed E-state index contributed by atoms with van der Waals surface area (Å²) in [7, 11) is 0. The van der Waals surface area contributed by atoms with Crippen molar-refractivity contribution in [3.05, 3.63) is 65.6 Å². The van der Waals surface area contributed by atoms with Crippen LogP contribution in [0.4, 0.5) is 10.1 Å². The molecule has 0 saturated carbocycles. The number of hydrogen-bond acceptors (Lipinski definition) is 6. The van der Waals surface area contributed by atoms with E-state index in [0.717, 1.165) is 0 Å². The van der Waals surface area contributed by atoms with Gasteiger partial charge in [-0.2, -0.15) is 5.26 Å². The molecule has 0 aliphatic heterocycles. The van der Waals surface area contributed by atoms with E-state index in [1.807, 2.05) is 13.0 Å². The van der Waals surface area contributed by atoms with Crippen LogP contribution >= 0.6 is 0 Å². The number of ether oxygens (including phenoxy) is 1. The number of nitrogens with one attached hydrogen (secondary N) is 1. The first-order chi connectivity index (χ1) is 12.1. The van der Waals surface area contributed by atoms with Gasteiger partial charge in [-0.25, -0.2) is 4.39 Å². The minimum Gasteiger partial charge on any atom is -0.453 e. The third-order valence-corrected chi connectivity index (χ3v) is 3.45. The number of aryl methyl sites for hydroxylation is 1. The molecule has 0 aliphatic carbocycles. The molecule has 2 aromatic carbocycles. The third-order valence-electron chi connectivity index (χ3n) is 3.45. The normalized spacial score (nSPS) is 11.6. The first kappa shape index (κ1) is 16.5. The lowest BCUT2D eigenvalue weighted by Gasteiger charge is -2.13. The molecule has 6 nitrogen and oxygen atoms in total. The maximum Gasteiger partial charge on any atom is 0.238 e. The molecule has 0 amide bonds. The van der Waals surface area contributed by atoms with Crippen molar-refractivity contribution in [3.63, 3.8) is 0 Å². The molecular weight excluding hydrogens is 323 g/mol. The summed E-state index contributed by atoms with van der Waals surface area (Å²) in [5.41, 5.74) is 0.881. The summed E-state index contributed by atoms with van der Waals surface area (Å²) < 4.78 is 25.2. The quantitative estimate of drug-likeness (QED) is 0.744. The van der Waals surface area contributed by atoms with E-state index in [4.69, 9.17) is 14.4 Å². The predicted octanol–water partition coefficient (Wildman–Crippen LogP) is 4.35. The van der Waals surface area contributed by atoms with Gasteiger partial charge in [-0.1, -0.05) is 12.1 Å². The lowest BCUT2D eigenvalue weighted by atomic mass is 10.2. The van der Waals surface area contributed by atoms with Crippen LogP contribution in [0.15, 0.2) is 46.9 Å². The molecule has 0 spiro atoms. The van der Waals surface area contributed by atoms with Crippen LogP contribution in [0.5, 0.6) is 11.5 Å². The third kappa shape index (κ3) is 3.75. The first-order valence-corrected chi connectivity index (χ1v) is 7.60. The Labute approximate surface area is 143 Å². The molecule has 1 aromatic heterocycles. The van der Waals surface area contributed by atoms with E-state index in [1.165, 1.54) is 12.1 Å². The Hall–Kier alpha value is -3.40. The molecule has 0 saturated heterocycles. The second-order valence-corrected chi connectivity index (χ2v) is 5.38. The lowest BCUT2D eigenvalue weighted by Crippen LogP contribution is -2.07. The van der Waals surface area contributed by atoms with Gasteiger partial charge in [0.1, 0.15) is 17.9 Å². The highest BCUT2D eigenvalue weighted by Gasteiger charge is 2.14. The van der Waals surface area contributed by atoms with Crippen LogP contribution in [-0.2, 0) is 0 Å². The number of aromatic nitrogens is 2. The number of nitriles is 1. The topological polar surface area (TPSA) is 84.0 Å². The first-order valence-electron chi connectivity index (χ1n) is 7.60. The maximum atomic E-state index is 14.3. The lowest BCUT2D eigenvalue weighted by molar-refractivity contribution is 0.440. The van der Waals surface area contributed by atoms with Crippen molar-refractivity contribution in [2.24, 2.45) is 0 Å². The molecule has 3 rings (SSSR count). The smallest absolute Gasteiger partial charge is 0.238 e. The Balaban J connectivity index is 1.76. The van der Waals surface area contributed by atoms with E-state index in [2.05, 4.69) is 15.5 Å². The number of para-hydroxylation sites is 1. The van der Waals surface area contributed by atoms with Crippen LogP contribution < -0.4 is 10.1 Å². The zero-order chi connectivity index (χ0) is 17.8. The van der Waals surface area contributed by atoms with Crippen LogP contribution in [-0.4, -0.2) is 10.2 Å². The number of hydrogen-bond donors (Lipinski definition) is 1. The number of nitrogens with zero attached hydrogens (tertiary/aromatic N) is 3. The van der Waals surface area contributed by atoms with Crippen molar-refractivity contribution in [3.8, 4) is 17.6 Å². The van der Waals surface area contributed by atoms with Crippen molar-refractivity contribution in [1.29, 1.82) is 5.26 Å². The van der Waals surface area contributed by atoms with Gasteiger partial charge >= 0.3 is 0 Å². The molecule has 0 bridgehead atoms. The van der Waals surface area contributed by atoms with Gasteiger partial charge < -0.3 is 14.5 Å². The summed E-state index contributed by atoms with van der Waals surface area (Å²) in [6.07, 6.45) is 0. The Morgan fingerprint density at radius 1 is 1.20 bits per heavy atom. The number of rotatable bonds is 5. The summed E-state index contributed by atoms with van der Waals surface area (Å²) in [5.74, 6) is 0.677. The summed E-state index contributed by atoms with van der Waals surface area (Å²) in [5, 5.41) is 19.8. The van der Waals surface area contributed by atoms with Crippen molar-refractivity contribution in [1.82, 2.24) is 10.2 Å².